The summed E-state index contributed by atoms with van der Waals surface area (Å²) in [5, 5.41) is 10.8. The Morgan fingerprint density at radius 1 is 0.897 bits per heavy atom. The first-order valence-corrected chi connectivity index (χ1v) is 9.84. The van der Waals surface area contributed by atoms with Crippen molar-refractivity contribution in [2.24, 2.45) is 5.92 Å². The van der Waals surface area contributed by atoms with Gasteiger partial charge in [0.25, 0.3) is 5.91 Å². The van der Waals surface area contributed by atoms with E-state index >= 15 is 0 Å². The highest BCUT2D eigenvalue weighted by Crippen LogP contribution is 2.26. The second-order valence-electron chi connectivity index (χ2n) is 6.77. The first-order valence-electron chi connectivity index (χ1n) is 9.05. The lowest BCUT2D eigenvalue weighted by Crippen LogP contribution is -2.34. The maximum absolute atomic E-state index is 12.7. The monoisotopic (exact) mass is 425 g/mol. The van der Waals surface area contributed by atoms with Gasteiger partial charge in [0.1, 0.15) is 0 Å². The molecule has 29 heavy (non-hydrogen) atoms. The fraction of sp³-hybridized carbons (Fsp3) is 0.136. The van der Waals surface area contributed by atoms with Crippen molar-refractivity contribution in [3.05, 3.63) is 71.2 Å². The van der Waals surface area contributed by atoms with E-state index in [4.69, 9.17) is 23.8 Å². The van der Waals surface area contributed by atoms with Crippen LogP contribution in [0.1, 0.15) is 24.2 Å². The maximum atomic E-state index is 12.7. The van der Waals surface area contributed by atoms with Gasteiger partial charge in [-0.2, -0.15) is 0 Å². The number of anilines is 2. The van der Waals surface area contributed by atoms with Crippen LogP contribution in [0.5, 0.6) is 0 Å². The second-order valence-corrected chi connectivity index (χ2v) is 7.59. The summed E-state index contributed by atoms with van der Waals surface area (Å²) in [6.07, 6.45) is 0. The van der Waals surface area contributed by atoms with E-state index in [1.807, 2.05) is 26.0 Å². The van der Waals surface area contributed by atoms with E-state index in [0.717, 1.165) is 10.8 Å². The Morgan fingerprint density at radius 2 is 1.52 bits per heavy atom. The SMILES string of the molecule is CC(C)C(=O)Nc1cccc(NC(=S)NC(=O)c2cccc3c(Cl)cccc23)c1. The zero-order chi connectivity index (χ0) is 21.0. The van der Waals surface area contributed by atoms with E-state index in [9.17, 15) is 9.59 Å². The van der Waals surface area contributed by atoms with Crippen LogP contribution in [-0.4, -0.2) is 16.9 Å². The Morgan fingerprint density at radius 3 is 2.24 bits per heavy atom. The molecule has 0 heterocycles. The van der Waals surface area contributed by atoms with Crippen molar-refractivity contribution < 1.29 is 9.59 Å². The fourth-order valence-corrected chi connectivity index (χ4v) is 3.21. The smallest absolute Gasteiger partial charge is 0.258 e. The molecular formula is C22H20ClN3O2S. The lowest BCUT2D eigenvalue weighted by atomic mass is 10.0. The van der Waals surface area contributed by atoms with Crippen LogP contribution in [0.3, 0.4) is 0 Å². The Balaban J connectivity index is 1.71. The summed E-state index contributed by atoms with van der Waals surface area (Å²) in [5.74, 6) is -0.534. The van der Waals surface area contributed by atoms with Crippen LogP contribution in [0.4, 0.5) is 11.4 Å². The molecule has 3 aromatic carbocycles. The summed E-state index contributed by atoms with van der Waals surface area (Å²) in [6, 6.07) is 17.9. The Hall–Kier alpha value is -2.96. The average Bonchev–Trinajstić information content (AvgIpc) is 2.68. The largest absolute Gasteiger partial charge is 0.332 e. The molecular weight excluding hydrogens is 406 g/mol. The number of amides is 2. The predicted octanol–water partition coefficient (Wildman–Crippen LogP) is 5.21. The molecule has 0 fully saturated rings. The fourth-order valence-electron chi connectivity index (χ4n) is 2.76. The van der Waals surface area contributed by atoms with Gasteiger partial charge in [-0.3, -0.25) is 14.9 Å². The number of thiocarbonyl (C=S) groups is 1. The molecule has 3 aromatic rings. The molecule has 0 aliphatic rings. The normalized spacial score (nSPS) is 10.6. The number of rotatable bonds is 4. The minimum Gasteiger partial charge on any atom is -0.332 e. The molecule has 0 atom stereocenters. The Labute approximate surface area is 179 Å². The highest BCUT2D eigenvalue weighted by Gasteiger charge is 2.13. The number of hydrogen-bond acceptors (Lipinski definition) is 3. The van der Waals surface area contributed by atoms with E-state index < -0.39 is 0 Å². The molecule has 5 nitrogen and oxygen atoms in total. The summed E-state index contributed by atoms with van der Waals surface area (Å²) in [6.45, 7) is 3.64. The Kier molecular flexibility index (Phi) is 6.46. The first kappa shape index (κ1) is 20.8. The molecule has 0 aromatic heterocycles. The highest BCUT2D eigenvalue weighted by molar-refractivity contribution is 7.80. The van der Waals surface area contributed by atoms with Crippen molar-refractivity contribution in [1.82, 2.24) is 5.32 Å². The third-order valence-electron chi connectivity index (χ3n) is 4.25. The van der Waals surface area contributed by atoms with Crippen LogP contribution in [0.2, 0.25) is 5.02 Å². The van der Waals surface area contributed by atoms with E-state index in [0.29, 0.717) is 22.0 Å². The summed E-state index contributed by atoms with van der Waals surface area (Å²) >= 11 is 11.5. The average molecular weight is 426 g/mol. The van der Waals surface area contributed by atoms with E-state index in [2.05, 4.69) is 16.0 Å². The molecule has 0 aliphatic carbocycles. The topological polar surface area (TPSA) is 70.2 Å². The van der Waals surface area contributed by atoms with Gasteiger partial charge in [-0.1, -0.05) is 55.8 Å². The van der Waals surface area contributed by atoms with E-state index in [1.54, 1.807) is 48.5 Å². The standard InChI is InChI=1S/C22H20ClN3O2S/c1-13(2)20(27)24-14-6-3-7-15(12-14)25-22(29)26-21(28)18-10-4-9-17-16(18)8-5-11-19(17)23/h3-13H,1-2H3,(H,24,27)(H2,25,26,28,29). The Bertz CT molecular complexity index is 1100. The first-order chi connectivity index (χ1) is 13.8. The van der Waals surface area contributed by atoms with Crippen LogP contribution in [-0.2, 0) is 4.79 Å². The molecule has 0 bridgehead atoms. The van der Waals surface area contributed by atoms with Gasteiger partial charge in [0.05, 0.1) is 0 Å². The number of carbonyl (C=O) groups excluding carboxylic acids is 2. The molecule has 0 saturated carbocycles. The number of carbonyl (C=O) groups is 2. The van der Waals surface area contributed by atoms with Gasteiger partial charge in [-0.05, 0) is 47.9 Å². The van der Waals surface area contributed by atoms with E-state index in [1.165, 1.54) is 0 Å². The quantitative estimate of drug-likeness (QED) is 0.501. The number of hydrogen-bond donors (Lipinski definition) is 3. The van der Waals surface area contributed by atoms with Gasteiger partial charge < -0.3 is 10.6 Å². The summed E-state index contributed by atoms with van der Waals surface area (Å²) in [7, 11) is 0. The van der Waals surface area contributed by atoms with Crippen molar-refractivity contribution in [2.45, 2.75) is 13.8 Å². The van der Waals surface area contributed by atoms with Crippen molar-refractivity contribution in [2.75, 3.05) is 10.6 Å². The lowest BCUT2D eigenvalue weighted by Gasteiger charge is -2.13. The van der Waals surface area contributed by atoms with Gasteiger partial charge >= 0.3 is 0 Å². The summed E-state index contributed by atoms with van der Waals surface area (Å²) in [5.41, 5.74) is 1.77. The van der Waals surface area contributed by atoms with Crippen molar-refractivity contribution in [1.29, 1.82) is 0 Å². The second kappa shape index (κ2) is 9.03. The van der Waals surface area contributed by atoms with Crippen LogP contribution in [0, 0.1) is 5.92 Å². The third kappa shape index (κ3) is 5.10. The molecule has 2 amide bonds. The molecule has 3 N–H and O–H groups in total. The number of benzene rings is 3. The maximum Gasteiger partial charge on any atom is 0.258 e. The number of nitrogens with one attached hydrogen (secondary N) is 3. The molecule has 0 aliphatic heterocycles. The van der Waals surface area contributed by atoms with Crippen LogP contribution in [0.25, 0.3) is 10.8 Å². The number of fused-ring (bicyclic) bond motifs is 1. The summed E-state index contributed by atoms with van der Waals surface area (Å²) in [4.78, 5) is 24.6. The van der Waals surface area contributed by atoms with Gasteiger partial charge in [-0.25, -0.2) is 0 Å². The molecule has 7 heteroatoms. The molecule has 0 radical (unpaired) electrons. The van der Waals surface area contributed by atoms with Gasteiger partial charge in [0.2, 0.25) is 5.91 Å². The van der Waals surface area contributed by atoms with Crippen molar-refractivity contribution in [3.8, 4) is 0 Å². The minimum absolute atomic E-state index is 0.0763. The molecule has 0 spiro atoms. The molecule has 148 valence electrons. The number of halogens is 1. The van der Waals surface area contributed by atoms with Gasteiger partial charge in [0, 0.05) is 33.3 Å². The predicted molar refractivity (Wildman–Crippen MR) is 123 cm³/mol. The molecule has 3 rings (SSSR count). The zero-order valence-electron chi connectivity index (χ0n) is 16.0. The molecule has 0 unspecified atom stereocenters. The van der Waals surface area contributed by atoms with Crippen LogP contribution < -0.4 is 16.0 Å². The van der Waals surface area contributed by atoms with Gasteiger partial charge in [-0.15, -0.1) is 0 Å². The van der Waals surface area contributed by atoms with Crippen molar-refractivity contribution in [3.63, 3.8) is 0 Å². The minimum atomic E-state index is -0.334. The van der Waals surface area contributed by atoms with Gasteiger partial charge in [0.15, 0.2) is 5.11 Å². The summed E-state index contributed by atoms with van der Waals surface area (Å²) < 4.78 is 0. The molecule has 0 saturated heterocycles. The van der Waals surface area contributed by atoms with Crippen molar-refractivity contribution >= 4 is 62.9 Å². The lowest BCUT2D eigenvalue weighted by molar-refractivity contribution is -0.118. The zero-order valence-corrected chi connectivity index (χ0v) is 17.5. The van der Waals surface area contributed by atoms with Crippen LogP contribution >= 0.6 is 23.8 Å². The highest BCUT2D eigenvalue weighted by atomic mass is 35.5. The third-order valence-corrected chi connectivity index (χ3v) is 4.79. The van der Waals surface area contributed by atoms with E-state index in [-0.39, 0.29) is 22.8 Å². The van der Waals surface area contributed by atoms with Crippen LogP contribution in [0.15, 0.2) is 60.7 Å².